The molecule has 0 bridgehead atoms. The molecule has 8 heteroatoms. The molecule has 0 saturated carbocycles. The molecule has 2 amide bonds. The van der Waals surface area contributed by atoms with E-state index in [2.05, 4.69) is 10.6 Å². The number of carbonyl (C=O) groups is 1. The van der Waals surface area contributed by atoms with Crippen LogP contribution < -0.4 is 15.4 Å². The molecule has 26 heavy (non-hydrogen) atoms. The number of urea groups is 1. The lowest BCUT2D eigenvalue weighted by Gasteiger charge is -2.10. The van der Waals surface area contributed by atoms with Crippen LogP contribution in [0.25, 0.3) is 0 Å². The average molecular weight is 380 g/mol. The standard InChI is InChI=1S/C18H21FN2O4S/c1-26(23,24)12-11-25-17-4-2-3-16(13-17)21-18(22)20-10-9-14-5-7-15(19)8-6-14/h2-8,13H,9-12H2,1H3,(H2,20,21,22). The second-order valence-electron chi connectivity index (χ2n) is 5.76. The van der Waals surface area contributed by atoms with Crippen molar-refractivity contribution in [2.75, 3.05) is 30.5 Å². The van der Waals surface area contributed by atoms with E-state index in [9.17, 15) is 17.6 Å². The van der Waals surface area contributed by atoms with Gasteiger partial charge in [0, 0.05) is 24.6 Å². The molecule has 0 saturated heterocycles. The van der Waals surface area contributed by atoms with E-state index in [1.54, 1.807) is 36.4 Å². The third kappa shape index (κ3) is 7.52. The van der Waals surface area contributed by atoms with Crippen molar-refractivity contribution in [3.63, 3.8) is 0 Å². The normalized spacial score (nSPS) is 11.0. The molecular formula is C18H21FN2O4S. The van der Waals surface area contributed by atoms with Crippen LogP contribution in [0.3, 0.4) is 0 Å². The fourth-order valence-corrected chi connectivity index (χ4v) is 2.51. The zero-order chi connectivity index (χ0) is 19.0. The number of hydrogen-bond donors (Lipinski definition) is 2. The summed E-state index contributed by atoms with van der Waals surface area (Å²) in [5, 5.41) is 5.39. The van der Waals surface area contributed by atoms with Gasteiger partial charge in [0.25, 0.3) is 0 Å². The van der Waals surface area contributed by atoms with Crippen LogP contribution in [0.15, 0.2) is 48.5 Å². The Hall–Kier alpha value is -2.61. The smallest absolute Gasteiger partial charge is 0.319 e. The molecular weight excluding hydrogens is 359 g/mol. The number of sulfone groups is 1. The van der Waals surface area contributed by atoms with Crippen molar-refractivity contribution < 1.29 is 22.3 Å². The van der Waals surface area contributed by atoms with Gasteiger partial charge in [-0.25, -0.2) is 17.6 Å². The lowest BCUT2D eigenvalue weighted by atomic mass is 10.1. The maximum atomic E-state index is 12.8. The summed E-state index contributed by atoms with van der Waals surface area (Å²) in [6.45, 7) is 0.453. The van der Waals surface area contributed by atoms with Crippen LogP contribution in [0.5, 0.6) is 5.75 Å². The molecule has 6 nitrogen and oxygen atoms in total. The van der Waals surface area contributed by atoms with Crippen LogP contribution >= 0.6 is 0 Å². The summed E-state index contributed by atoms with van der Waals surface area (Å²) >= 11 is 0. The van der Waals surface area contributed by atoms with Crippen LogP contribution in [0, 0.1) is 5.82 Å². The van der Waals surface area contributed by atoms with Gasteiger partial charge in [0.1, 0.15) is 18.2 Å². The van der Waals surface area contributed by atoms with Crippen LogP contribution in [0.2, 0.25) is 0 Å². The predicted molar refractivity (Wildman–Crippen MR) is 98.8 cm³/mol. The number of halogens is 1. The predicted octanol–water partition coefficient (Wildman–Crippen LogP) is 2.61. The van der Waals surface area contributed by atoms with Crippen molar-refractivity contribution in [1.82, 2.24) is 5.32 Å². The highest BCUT2D eigenvalue weighted by atomic mass is 32.2. The minimum absolute atomic E-state index is 0.0478. The van der Waals surface area contributed by atoms with Gasteiger partial charge < -0.3 is 15.4 Å². The number of rotatable bonds is 8. The zero-order valence-electron chi connectivity index (χ0n) is 14.4. The van der Waals surface area contributed by atoms with Crippen molar-refractivity contribution >= 4 is 21.6 Å². The van der Waals surface area contributed by atoms with E-state index in [1.165, 1.54) is 12.1 Å². The molecule has 0 atom stereocenters. The molecule has 0 unspecified atom stereocenters. The molecule has 0 aliphatic heterocycles. The highest BCUT2D eigenvalue weighted by Gasteiger charge is 2.05. The largest absolute Gasteiger partial charge is 0.492 e. The fraction of sp³-hybridized carbons (Fsp3) is 0.278. The van der Waals surface area contributed by atoms with E-state index < -0.39 is 9.84 Å². The number of benzene rings is 2. The molecule has 2 aromatic carbocycles. The fourth-order valence-electron chi connectivity index (χ4n) is 2.12. The summed E-state index contributed by atoms with van der Waals surface area (Å²) in [5.41, 5.74) is 1.45. The molecule has 0 aromatic heterocycles. The van der Waals surface area contributed by atoms with Gasteiger partial charge in [-0.15, -0.1) is 0 Å². The summed E-state index contributed by atoms with van der Waals surface area (Å²) in [4.78, 5) is 11.9. The lowest BCUT2D eigenvalue weighted by Crippen LogP contribution is -2.30. The van der Waals surface area contributed by atoms with Crippen LogP contribution in [-0.4, -0.2) is 39.6 Å². The molecule has 0 radical (unpaired) electrons. The SMILES string of the molecule is CS(=O)(=O)CCOc1cccc(NC(=O)NCCc2ccc(F)cc2)c1. The molecule has 0 aliphatic carbocycles. The van der Waals surface area contributed by atoms with Gasteiger partial charge in [0.2, 0.25) is 0 Å². The Morgan fingerprint density at radius 3 is 2.58 bits per heavy atom. The third-order valence-corrected chi connectivity index (χ3v) is 4.34. The number of hydrogen-bond acceptors (Lipinski definition) is 4. The first-order valence-electron chi connectivity index (χ1n) is 8.02. The van der Waals surface area contributed by atoms with Crippen molar-refractivity contribution in [1.29, 1.82) is 0 Å². The molecule has 2 rings (SSSR count). The second-order valence-corrected chi connectivity index (χ2v) is 8.02. The maximum Gasteiger partial charge on any atom is 0.319 e. The minimum Gasteiger partial charge on any atom is -0.492 e. The van der Waals surface area contributed by atoms with Gasteiger partial charge in [-0.3, -0.25) is 0 Å². The topological polar surface area (TPSA) is 84.5 Å². The Morgan fingerprint density at radius 1 is 1.15 bits per heavy atom. The van der Waals surface area contributed by atoms with Gasteiger partial charge in [-0.05, 0) is 36.2 Å². The average Bonchev–Trinajstić information content (AvgIpc) is 2.56. The Bertz CT molecular complexity index is 839. The molecule has 0 heterocycles. The molecule has 0 fully saturated rings. The van der Waals surface area contributed by atoms with Gasteiger partial charge in [-0.2, -0.15) is 0 Å². The molecule has 2 N–H and O–H groups in total. The summed E-state index contributed by atoms with van der Waals surface area (Å²) in [5.74, 6) is 0.102. The highest BCUT2D eigenvalue weighted by molar-refractivity contribution is 7.90. The molecule has 0 spiro atoms. The van der Waals surface area contributed by atoms with E-state index in [0.29, 0.717) is 24.4 Å². The molecule has 140 valence electrons. The van der Waals surface area contributed by atoms with Crippen molar-refractivity contribution in [3.8, 4) is 5.75 Å². The quantitative estimate of drug-likeness (QED) is 0.737. The van der Waals surface area contributed by atoms with Gasteiger partial charge in [0.05, 0.1) is 5.75 Å². The van der Waals surface area contributed by atoms with Gasteiger partial charge in [-0.1, -0.05) is 18.2 Å². The summed E-state index contributed by atoms with van der Waals surface area (Å²) in [7, 11) is -3.08. The first-order chi connectivity index (χ1) is 12.3. The number of nitrogens with one attached hydrogen (secondary N) is 2. The molecule has 0 aliphatic rings. The van der Waals surface area contributed by atoms with Gasteiger partial charge in [0.15, 0.2) is 9.84 Å². The Morgan fingerprint density at radius 2 is 1.88 bits per heavy atom. The van der Waals surface area contributed by atoms with E-state index in [1.807, 2.05) is 0 Å². The van der Waals surface area contributed by atoms with Crippen LogP contribution in [0.4, 0.5) is 14.9 Å². The number of anilines is 1. The van der Waals surface area contributed by atoms with E-state index in [-0.39, 0.29) is 24.2 Å². The van der Waals surface area contributed by atoms with Crippen molar-refractivity contribution in [3.05, 3.63) is 59.9 Å². The first kappa shape index (κ1) is 19.7. The Labute approximate surface area is 152 Å². The Kier molecular flexibility index (Phi) is 6.97. The monoisotopic (exact) mass is 380 g/mol. The number of ether oxygens (including phenoxy) is 1. The lowest BCUT2D eigenvalue weighted by molar-refractivity contribution is 0.252. The second kappa shape index (κ2) is 9.19. The third-order valence-electron chi connectivity index (χ3n) is 3.43. The van der Waals surface area contributed by atoms with Crippen molar-refractivity contribution in [2.24, 2.45) is 0 Å². The summed E-state index contributed by atoms with van der Waals surface area (Å²) in [6, 6.07) is 12.4. The summed E-state index contributed by atoms with van der Waals surface area (Å²) < 4.78 is 40.4. The number of amides is 2. The zero-order valence-corrected chi connectivity index (χ0v) is 15.2. The van der Waals surface area contributed by atoms with Crippen LogP contribution in [0.1, 0.15) is 5.56 Å². The first-order valence-corrected chi connectivity index (χ1v) is 10.1. The number of carbonyl (C=O) groups excluding carboxylic acids is 1. The van der Waals surface area contributed by atoms with E-state index >= 15 is 0 Å². The highest BCUT2D eigenvalue weighted by Crippen LogP contribution is 2.17. The minimum atomic E-state index is -3.08. The van der Waals surface area contributed by atoms with Gasteiger partial charge >= 0.3 is 6.03 Å². The Balaban J connectivity index is 1.77. The van der Waals surface area contributed by atoms with E-state index in [4.69, 9.17) is 4.74 Å². The molecule has 2 aromatic rings. The van der Waals surface area contributed by atoms with Crippen molar-refractivity contribution in [2.45, 2.75) is 6.42 Å². The van der Waals surface area contributed by atoms with Crippen LogP contribution in [-0.2, 0) is 16.3 Å². The van der Waals surface area contributed by atoms with E-state index in [0.717, 1.165) is 11.8 Å². The maximum absolute atomic E-state index is 12.8. The summed E-state index contributed by atoms with van der Waals surface area (Å²) in [6.07, 6.45) is 1.73.